The number of carboxylic acid groups (broad SMARTS) is 1. The molecular formula is C11H21NO3. The number of carbonyl (C=O) groups is 2. The zero-order valence-electron chi connectivity index (χ0n) is 9.75. The summed E-state index contributed by atoms with van der Waals surface area (Å²) < 4.78 is 0. The smallest absolute Gasteiger partial charge is 0.326 e. The number of aliphatic carboxylic acids is 1. The Kier molecular flexibility index (Phi) is 6.75. The number of hydrogen-bond acceptors (Lipinski definition) is 2. The molecule has 0 aromatic carbocycles. The third-order valence-electron chi connectivity index (χ3n) is 2.52. The predicted octanol–water partition coefficient (Wildman–Crippen LogP) is 1.79. The highest BCUT2D eigenvalue weighted by molar-refractivity contribution is 5.84. The van der Waals surface area contributed by atoms with Gasteiger partial charge in [-0.25, -0.2) is 4.79 Å². The van der Waals surface area contributed by atoms with E-state index in [1.54, 1.807) is 6.92 Å². The Labute approximate surface area is 91.1 Å². The van der Waals surface area contributed by atoms with Crippen LogP contribution in [0.25, 0.3) is 0 Å². The highest BCUT2D eigenvalue weighted by Crippen LogP contribution is 2.05. The van der Waals surface area contributed by atoms with Crippen molar-refractivity contribution in [1.29, 1.82) is 0 Å². The molecule has 4 heteroatoms. The van der Waals surface area contributed by atoms with Gasteiger partial charge in [0.05, 0.1) is 0 Å². The van der Waals surface area contributed by atoms with Crippen LogP contribution < -0.4 is 5.32 Å². The molecule has 0 aromatic heterocycles. The lowest BCUT2D eigenvalue weighted by molar-refractivity contribution is -0.142. The molecule has 0 spiro atoms. The first-order valence-electron chi connectivity index (χ1n) is 5.56. The molecule has 1 amide bonds. The van der Waals surface area contributed by atoms with E-state index in [4.69, 9.17) is 5.11 Å². The van der Waals surface area contributed by atoms with Crippen molar-refractivity contribution in [2.24, 2.45) is 5.92 Å². The minimum Gasteiger partial charge on any atom is -0.480 e. The van der Waals surface area contributed by atoms with E-state index in [1.165, 1.54) is 0 Å². The molecule has 2 atom stereocenters. The van der Waals surface area contributed by atoms with Gasteiger partial charge < -0.3 is 10.4 Å². The maximum absolute atomic E-state index is 11.5. The van der Waals surface area contributed by atoms with Crippen molar-refractivity contribution in [2.75, 3.05) is 0 Å². The number of hydrogen-bond donors (Lipinski definition) is 2. The molecule has 2 N–H and O–H groups in total. The topological polar surface area (TPSA) is 66.4 Å². The van der Waals surface area contributed by atoms with Gasteiger partial charge in [-0.3, -0.25) is 4.79 Å². The first kappa shape index (κ1) is 13.9. The van der Waals surface area contributed by atoms with Gasteiger partial charge in [0.2, 0.25) is 5.91 Å². The van der Waals surface area contributed by atoms with Crippen LogP contribution in [-0.2, 0) is 9.59 Å². The highest BCUT2D eigenvalue weighted by Gasteiger charge is 2.21. The fourth-order valence-corrected chi connectivity index (χ4v) is 1.17. The Morgan fingerprint density at radius 3 is 2.33 bits per heavy atom. The molecule has 0 radical (unpaired) electrons. The van der Waals surface area contributed by atoms with Crippen molar-refractivity contribution < 1.29 is 14.7 Å². The molecule has 4 nitrogen and oxygen atoms in total. The van der Waals surface area contributed by atoms with Crippen LogP contribution in [0.1, 0.15) is 46.5 Å². The van der Waals surface area contributed by atoms with E-state index in [2.05, 4.69) is 5.32 Å². The molecule has 0 saturated carbocycles. The number of nitrogens with one attached hydrogen (secondary N) is 1. The zero-order valence-corrected chi connectivity index (χ0v) is 9.75. The number of amides is 1. The molecule has 0 bridgehead atoms. The molecule has 0 fully saturated rings. The Bertz CT molecular complexity index is 216. The maximum atomic E-state index is 11.5. The van der Waals surface area contributed by atoms with Crippen LogP contribution in [0.2, 0.25) is 0 Å². The molecule has 0 aliphatic rings. The van der Waals surface area contributed by atoms with E-state index in [1.807, 2.05) is 13.8 Å². The predicted molar refractivity (Wildman–Crippen MR) is 58.5 cm³/mol. The van der Waals surface area contributed by atoms with Crippen LogP contribution >= 0.6 is 0 Å². The summed E-state index contributed by atoms with van der Waals surface area (Å²) in [5.41, 5.74) is 0. The Hall–Kier alpha value is -1.06. The molecule has 0 rings (SSSR count). The quantitative estimate of drug-likeness (QED) is 0.680. The van der Waals surface area contributed by atoms with Crippen molar-refractivity contribution in [3.8, 4) is 0 Å². The summed E-state index contributed by atoms with van der Waals surface area (Å²) in [4.78, 5) is 22.3. The normalized spacial score (nSPS) is 14.3. The highest BCUT2D eigenvalue weighted by atomic mass is 16.4. The first-order valence-corrected chi connectivity index (χ1v) is 5.56. The number of carbonyl (C=O) groups excluding carboxylic acids is 1. The second kappa shape index (κ2) is 7.26. The van der Waals surface area contributed by atoms with Gasteiger partial charge in [0, 0.05) is 5.92 Å². The molecule has 0 aromatic rings. The summed E-state index contributed by atoms with van der Waals surface area (Å²) in [5, 5.41) is 11.5. The molecule has 0 aliphatic carbocycles. The minimum atomic E-state index is -0.944. The van der Waals surface area contributed by atoms with E-state index in [-0.39, 0.29) is 11.8 Å². The lowest BCUT2D eigenvalue weighted by atomic mass is 10.1. The SMILES string of the molecule is CCCC[C@H](NC(=O)C(C)CC)C(=O)O. The summed E-state index contributed by atoms with van der Waals surface area (Å²) in [6, 6.07) is -0.730. The van der Waals surface area contributed by atoms with Crippen molar-refractivity contribution in [2.45, 2.75) is 52.5 Å². The Morgan fingerprint density at radius 1 is 1.33 bits per heavy atom. The summed E-state index contributed by atoms with van der Waals surface area (Å²) >= 11 is 0. The standard InChI is InChI=1S/C11H21NO3/c1-4-6-7-9(11(14)15)12-10(13)8(3)5-2/h8-9H,4-7H2,1-3H3,(H,12,13)(H,14,15)/t8?,9-/m0/s1. The third-order valence-corrected chi connectivity index (χ3v) is 2.52. The number of rotatable bonds is 7. The van der Waals surface area contributed by atoms with E-state index in [0.29, 0.717) is 6.42 Å². The minimum absolute atomic E-state index is 0.117. The second-order valence-corrected chi connectivity index (χ2v) is 3.85. The van der Waals surface area contributed by atoms with Gasteiger partial charge in [0.1, 0.15) is 6.04 Å². The molecule has 88 valence electrons. The lowest BCUT2D eigenvalue weighted by Crippen LogP contribution is -2.43. The summed E-state index contributed by atoms with van der Waals surface area (Å²) in [7, 11) is 0. The molecule has 1 unspecified atom stereocenters. The van der Waals surface area contributed by atoms with Crippen LogP contribution in [0.15, 0.2) is 0 Å². The largest absolute Gasteiger partial charge is 0.480 e. The van der Waals surface area contributed by atoms with Crippen molar-refractivity contribution in [3.05, 3.63) is 0 Å². The van der Waals surface area contributed by atoms with Crippen LogP contribution in [0.3, 0.4) is 0 Å². The second-order valence-electron chi connectivity index (χ2n) is 3.85. The summed E-state index contributed by atoms with van der Waals surface area (Å²) in [5.74, 6) is -1.23. The van der Waals surface area contributed by atoms with Crippen LogP contribution in [0.4, 0.5) is 0 Å². The molecule has 0 heterocycles. The van der Waals surface area contributed by atoms with Gasteiger partial charge in [-0.2, -0.15) is 0 Å². The number of carboxylic acids is 1. The molecular weight excluding hydrogens is 194 g/mol. The van der Waals surface area contributed by atoms with E-state index in [9.17, 15) is 9.59 Å². The van der Waals surface area contributed by atoms with Gasteiger partial charge in [-0.15, -0.1) is 0 Å². The van der Waals surface area contributed by atoms with Crippen molar-refractivity contribution in [3.63, 3.8) is 0 Å². The lowest BCUT2D eigenvalue weighted by Gasteiger charge is -2.16. The van der Waals surface area contributed by atoms with Gasteiger partial charge in [0.15, 0.2) is 0 Å². The molecule has 0 aliphatic heterocycles. The van der Waals surface area contributed by atoms with E-state index in [0.717, 1.165) is 19.3 Å². The fourth-order valence-electron chi connectivity index (χ4n) is 1.17. The monoisotopic (exact) mass is 215 g/mol. The maximum Gasteiger partial charge on any atom is 0.326 e. The van der Waals surface area contributed by atoms with E-state index < -0.39 is 12.0 Å². The molecule has 15 heavy (non-hydrogen) atoms. The van der Waals surface area contributed by atoms with E-state index >= 15 is 0 Å². The molecule has 0 saturated heterocycles. The van der Waals surface area contributed by atoms with Gasteiger partial charge in [-0.1, -0.05) is 33.6 Å². The van der Waals surface area contributed by atoms with Crippen molar-refractivity contribution >= 4 is 11.9 Å². The van der Waals surface area contributed by atoms with Crippen LogP contribution in [0.5, 0.6) is 0 Å². The number of unbranched alkanes of at least 4 members (excludes halogenated alkanes) is 1. The summed E-state index contributed by atoms with van der Waals surface area (Å²) in [6.07, 6.45) is 2.99. The Balaban J connectivity index is 4.16. The first-order chi connectivity index (χ1) is 7.02. The average molecular weight is 215 g/mol. The zero-order chi connectivity index (χ0) is 11.8. The Morgan fingerprint density at radius 2 is 1.93 bits per heavy atom. The van der Waals surface area contributed by atoms with Gasteiger partial charge in [-0.05, 0) is 12.8 Å². The fraction of sp³-hybridized carbons (Fsp3) is 0.818. The third kappa shape index (κ3) is 5.40. The van der Waals surface area contributed by atoms with Gasteiger partial charge in [0.25, 0.3) is 0 Å². The van der Waals surface area contributed by atoms with Crippen molar-refractivity contribution in [1.82, 2.24) is 5.32 Å². The average Bonchev–Trinajstić information content (AvgIpc) is 2.22. The van der Waals surface area contributed by atoms with Crippen LogP contribution in [0, 0.1) is 5.92 Å². The van der Waals surface area contributed by atoms with Gasteiger partial charge >= 0.3 is 5.97 Å². The van der Waals surface area contributed by atoms with Crippen LogP contribution in [-0.4, -0.2) is 23.0 Å². The summed E-state index contributed by atoms with van der Waals surface area (Å²) in [6.45, 7) is 5.70.